The first kappa shape index (κ1) is 17.4. The van der Waals surface area contributed by atoms with Gasteiger partial charge in [-0.1, -0.05) is 29.4 Å². The van der Waals surface area contributed by atoms with E-state index in [1.165, 1.54) is 11.8 Å². The number of ether oxygens (including phenoxy) is 1. The average molecular weight is 393 g/mol. The summed E-state index contributed by atoms with van der Waals surface area (Å²) in [5.74, 6) is 1.06. The number of oxazole rings is 1. The zero-order valence-corrected chi connectivity index (χ0v) is 15.4. The molecule has 3 aromatic rings. The van der Waals surface area contributed by atoms with Crippen LogP contribution in [0.25, 0.3) is 11.5 Å². The van der Waals surface area contributed by atoms with Crippen molar-refractivity contribution in [2.24, 2.45) is 0 Å². The van der Waals surface area contributed by atoms with Crippen LogP contribution in [-0.4, -0.2) is 32.5 Å². The number of halogens is 1. The van der Waals surface area contributed by atoms with E-state index in [1.807, 2.05) is 12.1 Å². The van der Waals surface area contributed by atoms with Gasteiger partial charge in [-0.2, -0.15) is 0 Å². The molecule has 0 aliphatic carbocycles. The van der Waals surface area contributed by atoms with Gasteiger partial charge in [0.15, 0.2) is 5.16 Å². The van der Waals surface area contributed by atoms with E-state index in [1.54, 1.807) is 23.0 Å². The van der Waals surface area contributed by atoms with Gasteiger partial charge in [-0.15, -0.1) is 5.10 Å². The Hall–Kier alpha value is -2.03. The van der Waals surface area contributed by atoms with Crippen molar-refractivity contribution in [1.29, 1.82) is 0 Å². The molecule has 7 nitrogen and oxygen atoms in total. The van der Waals surface area contributed by atoms with Gasteiger partial charge in [-0.25, -0.2) is 14.9 Å². The molecule has 26 heavy (non-hydrogen) atoms. The minimum atomic E-state index is -0.220. The van der Waals surface area contributed by atoms with Crippen molar-refractivity contribution in [3.05, 3.63) is 51.7 Å². The first-order valence-electron chi connectivity index (χ1n) is 8.29. The highest BCUT2D eigenvalue weighted by Crippen LogP contribution is 2.25. The third-order valence-electron chi connectivity index (χ3n) is 4.11. The van der Waals surface area contributed by atoms with Crippen LogP contribution in [0.3, 0.4) is 0 Å². The van der Waals surface area contributed by atoms with Crippen LogP contribution in [-0.2, 0) is 17.0 Å². The molecule has 1 atom stereocenters. The molecule has 0 bridgehead atoms. The molecule has 1 aromatic carbocycles. The topological polar surface area (TPSA) is 85.9 Å². The van der Waals surface area contributed by atoms with E-state index in [4.69, 9.17) is 20.8 Å². The zero-order valence-electron chi connectivity index (χ0n) is 13.9. The van der Waals surface area contributed by atoms with Crippen molar-refractivity contribution in [2.45, 2.75) is 36.4 Å². The van der Waals surface area contributed by atoms with E-state index in [-0.39, 0.29) is 11.8 Å². The Morgan fingerprint density at radius 1 is 1.42 bits per heavy atom. The number of nitrogens with one attached hydrogen (secondary N) is 1. The summed E-state index contributed by atoms with van der Waals surface area (Å²) in [5, 5.41) is 7.87. The molecule has 1 aliphatic rings. The molecule has 0 saturated carbocycles. The van der Waals surface area contributed by atoms with Crippen LogP contribution in [0.1, 0.15) is 18.5 Å². The van der Waals surface area contributed by atoms with Crippen LogP contribution in [0.2, 0.25) is 5.02 Å². The molecule has 1 aliphatic heterocycles. The van der Waals surface area contributed by atoms with Gasteiger partial charge >= 0.3 is 5.69 Å². The molecule has 136 valence electrons. The average Bonchev–Trinajstić information content (AvgIpc) is 3.37. The summed E-state index contributed by atoms with van der Waals surface area (Å²) in [6.45, 7) is 1.27. The highest BCUT2D eigenvalue weighted by atomic mass is 35.5. The molecule has 2 aromatic heterocycles. The van der Waals surface area contributed by atoms with E-state index in [2.05, 4.69) is 15.2 Å². The van der Waals surface area contributed by atoms with Crippen molar-refractivity contribution < 1.29 is 9.15 Å². The summed E-state index contributed by atoms with van der Waals surface area (Å²) >= 11 is 7.44. The minimum absolute atomic E-state index is 0.0751. The van der Waals surface area contributed by atoms with Gasteiger partial charge in [-0.05, 0) is 31.0 Å². The predicted octanol–water partition coefficient (Wildman–Crippen LogP) is 3.35. The fourth-order valence-electron chi connectivity index (χ4n) is 2.83. The van der Waals surface area contributed by atoms with Gasteiger partial charge < -0.3 is 9.15 Å². The lowest BCUT2D eigenvalue weighted by Gasteiger charge is -2.10. The zero-order chi connectivity index (χ0) is 17.9. The molecule has 3 heterocycles. The Kier molecular flexibility index (Phi) is 5.14. The largest absolute Gasteiger partial charge is 0.444 e. The number of H-pyrrole nitrogens is 1. The monoisotopic (exact) mass is 392 g/mol. The van der Waals surface area contributed by atoms with Crippen molar-refractivity contribution in [3.8, 4) is 11.5 Å². The number of rotatable bonds is 6. The van der Waals surface area contributed by atoms with Crippen LogP contribution in [0.5, 0.6) is 0 Å². The SMILES string of the molecule is O=c1[nH]nc(SCc2coc(-c3cccc(Cl)c3)n2)n1CC1CCCO1. The smallest absolute Gasteiger partial charge is 0.344 e. The van der Waals surface area contributed by atoms with Gasteiger partial charge in [0, 0.05) is 22.9 Å². The van der Waals surface area contributed by atoms with Crippen LogP contribution >= 0.6 is 23.4 Å². The maximum absolute atomic E-state index is 12.0. The Morgan fingerprint density at radius 3 is 3.15 bits per heavy atom. The quantitative estimate of drug-likeness (QED) is 0.647. The second-order valence-electron chi connectivity index (χ2n) is 6.00. The normalized spacial score (nSPS) is 17.0. The van der Waals surface area contributed by atoms with Gasteiger partial charge in [0.2, 0.25) is 5.89 Å². The number of nitrogens with zero attached hydrogens (tertiary/aromatic N) is 3. The molecule has 4 rings (SSSR count). The highest BCUT2D eigenvalue weighted by molar-refractivity contribution is 7.98. The third kappa shape index (κ3) is 3.87. The summed E-state index contributed by atoms with van der Waals surface area (Å²) in [6, 6.07) is 7.35. The summed E-state index contributed by atoms with van der Waals surface area (Å²) in [4.78, 5) is 16.5. The van der Waals surface area contributed by atoms with Crippen molar-refractivity contribution in [2.75, 3.05) is 6.61 Å². The van der Waals surface area contributed by atoms with E-state index in [0.29, 0.717) is 28.4 Å². The molecule has 1 saturated heterocycles. The Labute approximate surface area is 158 Å². The second-order valence-corrected chi connectivity index (χ2v) is 7.38. The number of hydrogen-bond donors (Lipinski definition) is 1. The number of aromatic amines is 1. The number of hydrogen-bond acceptors (Lipinski definition) is 6. The van der Waals surface area contributed by atoms with Gasteiger partial charge in [0.1, 0.15) is 6.26 Å². The molecular formula is C17H17ClN4O3S. The fourth-order valence-corrected chi connectivity index (χ4v) is 3.86. The molecule has 1 unspecified atom stereocenters. The summed E-state index contributed by atoms with van der Waals surface area (Å²) in [6.07, 6.45) is 3.68. The maximum Gasteiger partial charge on any atom is 0.344 e. The highest BCUT2D eigenvalue weighted by Gasteiger charge is 2.20. The molecule has 1 N–H and O–H groups in total. The number of benzene rings is 1. The molecular weight excluding hydrogens is 376 g/mol. The van der Waals surface area contributed by atoms with E-state index in [9.17, 15) is 4.79 Å². The third-order valence-corrected chi connectivity index (χ3v) is 5.35. The Morgan fingerprint density at radius 2 is 2.35 bits per heavy atom. The first-order valence-corrected chi connectivity index (χ1v) is 9.65. The van der Waals surface area contributed by atoms with Crippen molar-refractivity contribution in [3.63, 3.8) is 0 Å². The molecule has 0 radical (unpaired) electrons. The number of thioether (sulfide) groups is 1. The first-order chi connectivity index (χ1) is 12.7. The fraction of sp³-hybridized carbons (Fsp3) is 0.353. The molecule has 0 spiro atoms. The Bertz CT molecular complexity index is 945. The van der Waals surface area contributed by atoms with Crippen LogP contribution in [0.4, 0.5) is 0 Å². The second kappa shape index (κ2) is 7.69. The Balaban J connectivity index is 1.44. The molecule has 9 heteroatoms. The van der Waals surface area contributed by atoms with Crippen molar-refractivity contribution in [1.82, 2.24) is 19.7 Å². The van der Waals surface area contributed by atoms with Crippen LogP contribution < -0.4 is 5.69 Å². The number of aromatic nitrogens is 4. The molecule has 0 amide bonds. The standard InChI is InChI=1S/C17H17ClN4O3S/c18-12-4-1-3-11(7-12)15-19-13(9-25-15)10-26-17-21-20-16(23)22(17)8-14-5-2-6-24-14/h1,3-4,7,9,14H,2,5-6,8,10H2,(H,20,23). The lowest BCUT2D eigenvalue weighted by molar-refractivity contribution is 0.0941. The summed E-state index contributed by atoms with van der Waals surface area (Å²) in [5.41, 5.74) is 1.37. The molecule has 1 fully saturated rings. The van der Waals surface area contributed by atoms with Crippen molar-refractivity contribution >= 4 is 23.4 Å². The lowest BCUT2D eigenvalue weighted by Crippen LogP contribution is -2.24. The van der Waals surface area contributed by atoms with Gasteiger partial charge in [0.25, 0.3) is 0 Å². The minimum Gasteiger partial charge on any atom is -0.444 e. The van der Waals surface area contributed by atoms with E-state index >= 15 is 0 Å². The maximum atomic E-state index is 12.0. The van der Waals surface area contributed by atoms with Gasteiger partial charge in [0.05, 0.1) is 18.3 Å². The van der Waals surface area contributed by atoms with E-state index in [0.717, 1.165) is 30.7 Å². The predicted molar refractivity (Wildman–Crippen MR) is 98.3 cm³/mol. The van der Waals surface area contributed by atoms with Crippen LogP contribution in [0, 0.1) is 0 Å². The summed E-state index contributed by atoms with van der Waals surface area (Å²) < 4.78 is 12.8. The van der Waals surface area contributed by atoms with Crippen LogP contribution in [0.15, 0.2) is 44.9 Å². The van der Waals surface area contributed by atoms with E-state index < -0.39 is 0 Å². The lowest BCUT2D eigenvalue weighted by atomic mass is 10.2. The summed E-state index contributed by atoms with van der Waals surface area (Å²) in [7, 11) is 0. The van der Waals surface area contributed by atoms with Gasteiger partial charge in [-0.3, -0.25) is 4.57 Å².